The van der Waals surface area contributed by atoms with Gasteiger partial charge < -0.3 is 5.32 Å². The van der Waals surface area contributed by atoms with E-state index in [-0.39, 0.29) is 6.04 Å². The van der Waals surface area contributed by atoms with Crippen LogP contribution in [0.3, 0.4) is 0 Å². The fraction of sp³-hybridized carbons (Fsp3) is 0.682. The van der Waals surface area contributed by atoms with Crippen LogP contribution in [0.2, 0.25) is 0 Å². The van der Waals surface area contributed by atoms with Crippen molar-refractivity contribution in [3.63, 3.8) is 0 Å². The summed E-state index contributed by atoms with van der Waals surface area (Å²) in [6, 6.07) is 8.92. The van der Waals surface area contributed by atoms with Crippen LogP contribution < -0.4 is 5.32 Å². The van der Waals surface area contributed by atoms with E-state index < -0.39 is 0 Å². The van der Waals surface area contributed by atoms with Gasteiger partial charge in [-0.1, -0.05) is 24.3 Å². The highest BCUT2D eigenvalue weighted by atomic mass is 16.1. The first-order valence-corrected chi connectivity index (χ1v) is 10.1. The van der Waals surface area contributed by atoms with E-state index in [0.717, 1.165) is 37.0 Å². The second kappa shape index (κ2) is 5.61. The second-order valence-electron chi connectivity index (χ2n) is 9.31. The first kappa shape index (κ1) is 15.0. The third-order valence-corrected chi connectivity index (χ3v) is 7.41. The van der Waals surface area contributed by atoms with Gasteiger partial charge in [-0.05, 0) is 92.1 Å². The van der Waals surface area contributed by atoms with E-state index in [1.807, 2.05) is 0 Å². The van der Waals surface area contributed by atoms with Crippen LogP contribution in [0.5, 0.6) is 0 Å². The fourth-order valence-corrected chi connectivity index (χ4v) is 7.00. The minimum atomic E-state index is 0.247. The van der Waals surface area contributed by atoms with Crippen molar-refractivity contribution < 1.29 is 4.79 Å². The predicted molar refractivity (Wildman–Crippen MR) is 95.5 cm³/mol. The van der Waals surface area contributed by atoms with E-state index in [0.29, 0.717) is 11.3 Å². The molecule has 4 saturated carbocycles. The van der Waals surface area contributed by atoms with E-state index >= 15 is 0 Å². The Kier molecular flexibility index (Phi) is 3.50. The summed E-state index contributed by atoms with van der Waals surface area (Å²) in [6.45, 7) is 0. The Hall–Kier alpha value is -1.31. The lowest BCUT2D eigenvalue weighted by Gasteiger charge is -2.56. The third kappa shape index (κ3) is 2.59. The molecular formula is C22H29NO. The third-order valence-electron chi connectivity index (χ3n) is 7.41. The molecule has 128 valence electrons. The molecule has 5 aliphatic carbocycles. The number of nitrogens with one attached hydrogen (secondary N) is 1. The van der Waals surface area contributed by atoms with Crippen LogP contribution in [0, 0.1) is 23.2 Å². The Morgan fingerprint density at radius 1 is 1.04 bits per heavy atom. The van der Waals surface area contributed by atoms with Gasteiger partial charge in [0.15, 0.2) is 0 Å². The fourth-order valence-electron chi connectivity index (χ4n) is 7.00. The van der Waals surface area contributed by atoms with Gasteiger partial charge in [0.1, 0.15) is 0 Å². The van der Waals surface area contributed by atoms with Crippen molar-refractivity contribution in [3.05, 3.63) is 35.4 Å². The van der Waals surface area contributed by atoms with Crippen LogP contribution in [0.15, 0.2) is 24.3 Å². The standard InChI is InChI=1S/C22H29NO/c24-21(23-20-7-3-5-18-4-1-2-6-19(18)20)14-22-11-15-8-16(12-22)10-17(9-15)13-22/h1-2,4,6,15-17,20H,3,5,7-14H2,(H,23,24)/t15?,16?,17?,20-,22?/m0/s1. The summed E-state index contributed by atoms with van der Waals surface area (Å²) in [4.78, 5) is 12.9. The number of aryl methyl sites for hydroxylation is 1. The lowest BCUT2D eigenvalue weighted by atomic mass is 9.49. The molecule has 4 fully saturated rings. The highest BCUT2D eigenvalue weighted by Gasteiger charge is 2.51. The van der Waals surface area contributed by atoms with Crippen molar-refractivity contribution in [2.45, 2.75) is 70.3 Å². The maximum Gasteiger partial charge on any atom is 0.221 e. The first-order chi connectivity index (χ1) is 11.7. The zero-order chi connectivity index (χ0) is 16.1. The van der Waals surface area contributed by atoms with E-state index in [2.05, 4.69) is 29.6 Å². The van der Waals surface area contributed by atoms with Crippen molar-refractivity contribution in [3.8, 4) is 0 Å². The topological polar surface area (TPSA) is 29.1 Å². The summed E-state index contributed by atoms with van der Waals surface area (Å²) < 4.78 is 0. The molecule has 0 saturated heterocycles. The van der Waals surface area contributed by atoms with Gasteiger partial charge in [0.05, 0.1) is 6.04 Å². The summed E-state index contributed by atoms with van der Waals surface area (Å²) in [7, 11) is 0. The quantitative estimate of drug-likeness (QED) is 0.851. The molecule has 1 atom stereocenters. The molecule has 1 aromatic rings. The average Bonchev–Trinajstić information content (AvgIpc) is 2.53. The zero-order valence-electron chi connectivity index (χ0n) is 14.6. The minimum Gasteiger partial charge on any atom is -0.349 e. The van der Waals surface area contributed by atoms with Gasteiger partial charge in [-0.3, -0.25) is 4.79 Å². The average molecular weight is 323 g/mol. The normalized spacial score (nSPS) is 39.5. The molecule has 4 bridgehead atoms. The second-order valence-corrected chi connectivity index (χ2v) is 9.31. The van der Waals surface area contributed by atoms with E-state index in [4.69, 9.17) is 0 Å². The molecule has 5 aliphatic rings. The minimum absolute atomic E-state index is 0.247. The lowest BCUT2D eigenvalue weighted by Crippen LogP contribution is -2.48. The molecule has 0 aliphatic heterocycles. The summed E-state index contributed by atoms with van der Waals surface area (Å²) in [6.07, 6.45) is 12.6. The summed E-state index contributed by atoms with van der Waals surface area (Å²) in [5.74, 6) is 3.11. The lowest BCUT2D eigenvalue weighted by molar-refractivity contribution is -0.130. The number of fused-ring (bicyclic) bond motifs is 1. The van der Waals surface area contributed by atoms with Crippen LogP contribution >= 0.6 is 0 Å². The maximum absolute atomic E-state index is 12.9. The van der Waals surface area contributed by atoms with Crippen LogP contribution in [0.25, 0.3) is 0 Å². The number of carbonyl (C=O) groups is 1. The van der Waals surface area contributed by atoms with Crippen LogP contribution in [0.1, 0.15) is 75.0 Å². The van der Waals surface area contributed by atoms with Gasteiger partial charge in [0.2, 0.25) is 5.91 Å². The Morgan fingerprint density at radius 2 is 1.71 bits per heavy atom. The molecule has 2 heteroatoms. The molecule has 1 aromatic carbocycles. The Bertz CT molecular complexity index is 614. The van der Waals surface area contributed by atoms with E-state index in [9.17, 15) is 4.79 Å². The van der Waals surface area contributed by atoms with Crippen molar-refractivity contribution >= 4 is 5.91 Å². The Morgan fingerprint density at radius 3 is 2.42 bits per heavy atom. The number of carbonyl (C=O) groups excluding carboxylic acids is 1. The van der Waals surface area contributed by atoms with Gasteiger partial charge in [0, 0.05) is 6.42 Å². The highest BCUT2D eigenvalue weighted by Crippen LogP contribution is 2.61. The molecule has 24 heavy (non-hydrogen) atoms. The largest absolute Gasteiger partial charge is 0.349 e. The van der Waals surface area contributed by atoms with E-state index in [1.54, 1.807) is 0 Å². The smallest absolute Gasteiger partial charge is 0.221 e. The monoisotopic (exact) mass is 323 g/mol. The van der Waals surface area contributed by atoms with Gasteiger partial charge in [-0.2, -0.15) is 0 Å². The Balaban J connectivity index is 1.29. The molecule has 2 nitrogen and oxygen atoms in total. The highest BCUT2D eigenvalue weighted by molar-refractivity contribution is 5.77. The molecule has 1 amide bonds. The summed E-state index contributed by atoms with van der Waals surface area (Å²) in [5, 5.41) is 3.41. The summed E-state index contributed by atoms with van der Waals surface area (Å²) in [5.41, 5.74) is 3.15. The van der Waals surface area contributed by atoms with Gasteiger partial charge >= 0.3 is 0 Å². The number of rotatable bonds is 3. The molecular weight excluding hydrogens is 294 g/mol. The molecule has 0 radical (unpaired) electrons. The van der Waals surface area contributed by atoms with E-state index in [1.165, 1.54) is 56.1 Å². The maximum atomic E-state index is 12.9. The van der Waals surface area contributed by atoms with Gasteiger partial charge in [-0.25, -0.2) is 0 Å². The molecule has 0 aromatic heterocycles. The number of amides is 1. The van der Waals surface area contributed by atoms with Crippen molar-refractivity contribution in [1.29, 1.82) is 0 Å². The molecule has 0 heterocycles. The number of benzene rings is 1. The van der Waals surface area contributed by atoms with Crippen molar-refractivity contribution in [2.24, 2.45) is 23.2 Å². The molecule has 0 spiro atoms. The molecule has 0 unspecified atom stereocenters. The van der Waals surface area contributed by atoms with Gasteiger partial charge in [0.25, 0.3) is 0 Å². The molecule has 6 rings (SSSR count). The van der Waals surface area contributed by atoms with Crippen molar-refractivity contribution in [2.75, 3.05) is 0 Å². The van der Waals surface area contributed by atoms with Gasteiger partial charge in [-0.15, -0.1) is 0 Å². The molecule has 1 N–H and O–H groups in total. The SMILES string of the molecule is O=C(CC12CC3CC(CC(C3)C1)C2)N[C@H]1CCCc2ccccc21. The van der Waals surface area contributed by atoms with Crippen molar-refractivity contribution in [1.82, 2.24) is 5.32 Å². The summed E-state index contributed by atoms with van der Waals surface area (Å²) >= 11 is 0. The first-order valence-electron chi connectivity index (χ1n) is 10.1. The zero-order valence-corrected chi connectivity index (χ0v) is 14.6. The van der Waals surface area contributed by atoms with Crippen LogP contribution in [-0.4, -0.2) is 5.91 Å². The predicted octanol–water partition coefficient (Wildman–Crippen LogP) is 4.79. The Labute approximate surface area is 145 Å². The number of hydrogen-bond acceptors (Lipinski definition) is 1. The number of hydrogen-bond donors (Lipinski definition) is 1. The van der Waals surface area contributed by atoms with Crippen LogP contribution in [0.4, 0.5) is 0 Å². The van der Waals surface area contributed by atoms with Crippen LogP contribution in [-0.2, 0) is 11.2 Å².